The Morgan fingerprint density at radius 3 is 2.39 bits per heavy atom. The molecule has 1 unspecified atom stereocenters. The van der Waals surface area contributed by atoms with Crippen molar-refractivity contribution in [3.8, 4) is 11.5 Å². The Morgan fingerprint density at radius 2 is 1.74 bits per heavy atom. The number of piperazine rings is 1. The molecule has 6 heteroatoms. The average molecular weight is 436 g/mol. The molecule has 2 aromatic carbocycles. The highest BCUT2D eigenvalue weighted by atomic mass is 16.5. The summed E-state index contributed by atoms with van der Waals surface area (Å²) in [6.45, 7) is -6.93. The molecule has 0 bridgehead atoms. The summed E-state index contributed by atoms with van der Waals surface area (Å²) in [4.78, 5) is 16.4. The van der Waals surface area contributed by atoms with Gasteiger partial charge in [0.05, 0.1) is 17.8 Å². The fraction of sp³-hybridized carbons (Fsp3) is 0.480. The van der Waals surface area contributed by atoms with Gasteiger partial charge in [-0.3, -0.25) is 14.6 Å². The first-order valence-corrected chi connectivity index (χ1v) is 10.1. The van der Waals surface area contributed by atoms with Gasteiger partial charge < -0.3 is 14.6 Å². The number of hydrogen-bond acceptors (Lipinski definition) is 6. The molecule has 1 saturated heterocycles. The second-order valence-electron chi connectivity index (χ2n) is 7.40. The van der Waals surface area contributed by atoms with Gasteiger partial charge in [-0.15, -0.1) is 0 Å². The van der Waals surface area contributed by atoms with Crippen LogP contribution in [0.2, 0.25) is 0 Å². The molecule has 168 valence electrons. The summed E-state index contributed by atoms with van der Waals surface area (Å²) in [7, 11) is 1.40. The zero-order chi connectivity index (χ0) is 29.9. The van der Waals surface area contributed by atoms with E-state index in [0.717, 1.165) is 0 Å². The number of rotatable bonds is 10. The molecule has 0 aliphatic carbocycles. The maximum atomic E-state index is 12.9. The molecule has 0 amide bonds. The first-order valence-electron chi connectivity index (χ1n) is 14.6. The summed E-state index contributed by atoms with van der Waals surface area (Å²) in [5, 5.41) is 10.7. The van der Waals surface area contributed by atoms with E-state index >= 15 is 0 Å². The molecule has 0 saturated carbocycles. The van der Waals surface area contributed by atoms with Crippen LogP contribution in [-0.4, -0.2) is 79.7 Å². The Hall–Kier alpha value is -2.41. The minimum Gasteiger partial charge on any atom is -0.493 e. The summed E-state index contributed by atoms with van der Waals surface area (Å²) >= 11 is 0. The van der Waals surface area contributed by atoms with Crippen molar-refractivity contribution >= 4 is 5.78 Å². The van der Waals surface area contributed by atoms with Gasteiger partial charge in [0.1, 0.15) is 12.6 Å². The Kier molecular flexibility index (Phi) is 5.05. The summed E-state index contributed by atoms with van der Waals surface area (Å²) in [5.41, 5.74) is -0.306. The van der Waals surface area contributed by atoms with Gasteiger partial charge in [0, 0.05) is 47.4 Å². The standard InChI is InChI=1S/C25H34N2O4/c1-19-7-6-8-20(2)23(19)15-21(28)16-26-11-13-27(14-12-26)17-22(29)18-31-25-10-5-4-9-24(25)30-3/h4-10,22,29H,11-18H2,1-3H3/i1D3,2D3,18D2,22D. The predicted octanol–water partition coefficient (Wildman–Crippen LogP) is 2.48. The second-order valence-corrected chi connectivity index (χ2v) is 7.40. The van der Waals surface area contributed by atoms with Gasteiger partial charge >= 0.3 is 0 Å². The molecule has 0 radical (unpaired) electrons. The van der Waals surface area contributed by atoms with Crippen LogP contribution in [0, 0.1) is 13.7 Å². The Labute approximate surface area is 198 Å². The summed E-state index contributed by atoms with van der Waals surface area (Å²) < 4.78 is 81.8. The summed E-state index contributed by atoms with van der Waals surface area (Å²) in [6, 6.07) is 10.3. The highest BCUT2D eigenvalue weighted by molar-refractivity contribution is 5.83. The van der Waals surface area contributed by atoms with E-state index in [2.05, 4.69) is 0 Å². The van der Waals surface area contributed by atoms with Crippen molar-refractivity contribution in [1.29, 1.82) is 0 Å². The lowest BCUT2D eigenvalue weighted by atomic mass is 9.98. The molecule has 3 rings (SSSR count). The number of methoxy groups -OCH3 is 1. The number of para-hydroxylation sites is 2. The lowest BCUT2D eigenvalue weighted by molar-refractivity contribution is -0.120. The number of aryl methyl sites for hydroxylation is 2. The van der Waals surface area contributed by atoms with Crippen molar-refractivity contribution in [3.05, 3.63) is 59.2 Å². The van der Waals surface area contributed by atoms with E-state index in [1.54, 1.807) is 23.1 Å². The van der Waals surface area contributed by atoms with Crippen LogP contribution in [0.4, 0.5) is 0 Å². The Balaban J connectivity index is 1.60. The van der Waals surface area contributed by atoms with E-state index in [0.29, 0.717) is 26.2 Å². The number of Topliss-reactive ketones (excluding diaryl/α,β-unsaturated/α-hetero) is 1. The number of ketones is 1. The number of β-amino-alcohol motifs (C(OH)–C–C–N with tert-alkyl or cyclic N) is 1. The molecule has 1 N–H and O–H groups in total. The Bertz CT molecular complexity index is 1150. The van der Waals surface area contributed by atoms with Gasteiger partial charge in [-0.05, 0) is 42.5 Å². The molecule has 1 aliphatic rings. The lowest BCUT2D eigenvalue weighted by Crippen LogP contribution is -2.50. The van der Waals surface area contributed by atoms with Crippen molar-refractivity contribution < 1.29 is 31.7 Å². The van der Waals surface area contributed by atoms with E-state index in [1.807, 2.05) is 4.90 Å². The van der Waals surface area contributed by atoms with Crippen molar-refractivity contribution in [1.82, 2.24) is 9.80 Å². The third-order valence-corrected chi connectivity index (χ3v) is 5.14. The minimum atomic E-state index is -2.77. The van der Waals surface area contributed by atoms with Crippen LogP contribution in [0.1, 0.15) is 29.0 Å². The van der Waals surface area contributed by atoms with E-state index < -0.39 is 26.3 Å². The minimum absolute atomic E-state index is 0.00249. The number of benzene rings is 2. The van der Waals surface area contributed by atoms with E-state index in [-0.39, 0.29) is 53.5 Å². The molecule has 1 atom stereocenters. The summed E-state index contributed by atoms with van der Waals surface area (Å²) in [6.07, 6.45) is -2.97. The fourth-order valence-corrected chi connectivity index (χ4v) is 3.45. The largest absolute Gasteiger partial charge is 0.493 e. The molecule has 1 heterocycles. The van der Waals surface area contributed by atoms with Crippen molar-refractivity contribution in [3.63, 3.8) is 0 Å². The molecular formula is C25H34N2O4. The molecule has 0 aromatic heterocycles. The van der Waals surface area contributed by atoms with Crippen LogP contribution >= 0.6 is 0 Å². The smallest absolute Gasteiger partial charge is 0.161 e. The van der Waals surface area contributed by atoms with Gasteiger partial charge in [-0.25, -0.2) is 0 Å². The van der Waals surface area contributed by atoms with Crippen LogP contribution in [-0.2, 0) is 11.2 Å². The quantitative estimate of drug-likeness (QED) is 0.619. The summed E-state index contributed by atoms with van der Waals surface area (Å²) in [5.74, 6) is -0.0344. The SMILES string of the molecule is [2H]C([2H])([2H])c1cccc(C([2H])([2H])[2H])c1CC(=O)CN1CCN(CC([2H])(O)C([2H])([2H])Oc2ccccc2OC)CC1. The molecule has 1 aliphatic heterocycles. The van der Waals surface area contributed by atoms with Crippen molar-refractivity contribution in [2.24, 2.45) is 0 Å². The van der Waals surface area contributed by atoms with Crippen LogP contribution in [0.3, 0.4) is 0 Å². The highest BCUT2D eigenvalue weighted by Crippen LogP contribution is 2.25. The lowest BCUT2D eigenvalue weighted by Gasteiger charge is -2.35. The van der Waals surface area contributed by atoms with E-state index in [4.69, 9.17) is 21.8 Å². The number of nitrogens with zero attached hydrogens (tertiary/aromatic N) is 2. The number of ether oxygens (including phenoxy) is 2. The molecule has 0 spiro atoms. The topological polar surface area (TPSA) is 62.2 Å². The van der Waals surface area contributed by atoms with Crippen molar-refractivity contribution in [2.45, 2.75) is 26.2 Å². The van der Waals surface area contributed by atoms with E-state index in [1.165, 1.54) is 31.4 Å². The number of hydrogen-bond donors (Lipinski definition) is 1. The van der Waals surface area contributed by atoms with Gasteiger partial charge in [0.25, 0.3) is 0 Å². The first kappa shape index (κ1) is 13.9. The maximum absolute atomic E-state index is 12.9. The van der Waals surface area contributed by atoms with Crippen LogP contribution < -0.4 is 9.47 Å². The maximum Gasteiger partial charge on any atom is 0.161 e. The van der Waals surface area contributed by atoms with Gasteiger partial charge in [-0.2, -0.15) is 0 Å². The van der Waals surface area contributed by atoms with E-state index in [9.17, 15) is 9.90 Å². The zero-order valence-corrected chi connectivity index (χ0v) is 17.6. The molecular weight excluding hydrogens is 392 g/mol. The van der Waals surface area contributed by atoms with Crippen molar-refractivity contribution in [2.75, 3.05) is 52.9 Å². The molecule has 2 aromatic rings. The predicted molar refractivity (Wildman–Crippen MR) is 122 cm³/mol. The van der Waals surface area contributed by atoms with Crippen LogP contribution in [0.5, 0.6) is 11.5 Å². The Morgan fingerprint density at radius 1 is 1.10 bits per heavy atom. The molecule has 6 nitrogen and oxygen atoms in total. The highest BCUT2D eigenvalue weighted by Gasteiger charge is 2.21. The first-order chi connectivity index (χ1) is 18.4. The monoisotopic (exact) mass is 435 g/mol. The average Bonchev–Trinajstić information content (AvgIpc) is 2.84. The molecule has 1 fully saturated rings. The zero-order valence-electron chi connectivity index (χ0n) is 26.6. The second kappa shape index (κ2) is 11.3. The van der Waals surface area contributed by atoms with Gasteiger partial charge in [-0.1, -0.05) is 30.3 Å². The number of carbonyl (C=O) groups is 1. The fourth-order valence-electron chi connectivity index (χ4n) is 3.45. The normalized spacial score (nSPS) is 22.7. The van der Waals surface area contributed by atoms with Gasteiger partial charge in [0.2, 0.25) is 0 Å². The third kappa shape index (κ3) is 6.79. The number of aliphatic hydroxyl groups is 1. The van der Waals surface area contributed by atoms with Crippen LogP contribution in [0.15, 0.2) is 42.5 Å². The molecule has 31 heavy (non-hydrogen) atoms. The van der Waals surface area contributed by atoms with Crippen LogP contribution in [0.25, 0.3) is 0 Å². The van der Waals surface area contributed by atoms with Gasteiger partial charge in [0.15, 0.2) is 17.3 Å². The third-order valence-electron chi connectivity index (χ3n) is 5.14. The number of carbonyl (C=O) groups excluding carboxylic acids is 1.